The molecule has 1 heterocycles. The number of aliphatic imine (C=N–C) groups is 1. The average Bonchev–Trinajstić information content (AvgIpc) is 2.88. The molecular formula is C23H19BrN2O2. The maximum Gasteiger partial charge on any atom is 0.246 e. The number of fused-ring (bicyclic) bond motifs is 1. The summed E-state index contributed by atoms with van der Waals surface area (Å²) in [5.41, 5.74) is 6.31. The molecule has 5 heteroatoms. The van der Waals surface area contributed by atoms with Crippen molar-refractivity contribution in [2.75, 3.05) is 19.0 Å². The largest absolute Gasteiger partial charge is 0.496 e. The van der Waals surface area contributed by atoms with Gasteiger partial charge in [0.2, 0.25) is 5.91 Å². The molecule has 0 aliphatic carbocycles. The first-order valence-electron chi connectivity index (χ1n) is 8.96. The Bertz CT molecular complexity index is 1070. The standard InChI is InChI=1S/C23H19BrN2O2/c1-14-21-19(12-18(23(14)28-2)15-6-4-3-5-7-15)22(25-13-20(27)26-21)16-8-10-17(24)11-9-16/h3-12H,13H2,1-2H3,(H,26,27). The summed E-state index contributed by atoms with van der Waals surface area (Å²) < 4.78 is 6.73. The van der Waals surface area contributed by atoms with Crippen molar-refractivity contribution in [3.8, 4) is 16.9 Å². The minimum atomic E-state index is -0.133. The maximum absolute atomic E-state index is 12.3. The molecule has 28 heavy (non-hydrogen) atoms. The summed E-state index contributed by atoms with van der Waals surface area (Å²) in [6.07, 6.45) is 0. The predicted octanol–water partition coefficient (Wildman–Crippen LogP) is 5.22. The average molecular weight is 435 g/mol. The second kappa shape index (κ2) is 7.60. The van der Waals surface area contributed by atoms with Gasteiger partial charge < -0.3 is 10.1 Å². The Kier molecular flexibility index (Phi) is 5.01. The lowest BCUT2D eigenvalue weighted by Gasteiger charge is -2.19. The number of ether oxygens (including phenoxy) is 1. The van der Waals surface area contributed by atoms with Crippen molar-refractivity contribution < 1.29 is 9.53 Å². The van der Waals surface area contributed by atoms with Crippen LogP contribution in [0, 0.1) is 6.92 Å². The van der Waals surface area contributed by atoms with Crippen LogP contribution in [0.15, 0.2) is 70.1 Å². The van der Waals surface area contributed by atoms with Crippen molar-refractivity contribution in [2.45, 2.75) is 6.92 Å². The first kappa shape index (κ1) is 18.4. The number of halogens is 1. The molecular weight excluding hydrogens is 416 g/mol. The maximum atomic E-state index is 12.3. The highest BCUT2D eigenvalue weighted by molar-refractivity contribution is 9.10. The van der Waals surface area contributed by atoms with E-state index < -0.39 is 0 Å². The Labute approximate surface area is 172 Å². The number of nitrogens with zero attached hydrogens (tertiary/aromatic N) is 1. The summed E-state index contributed by atoms with van der Waals surface area (Å²) >= 11 is 3.48. The Hall–Kier alpha value is -2.92. The third-order valence-corrected chi connectivity index (χ3v) is 5.35. The van der Waals surface area contributed by atoms with Crippen molar-refractivity contribution in [1.29, 1.82) is 0 Å². The highest BCUT2D eigenvalue weighted by Crippen LogP contribution is 2.40. The quantitative estimate of drug-likeness (QED) is 0.613. The lowest BCUT2D eigenvalue weighted by molar-refractivity contribution is -0.114. The number of methoxy groups -OCH3 is 1. The van der Waals surface area contributed by atoms with E-state index in [0.29, 0.717) is 0 Å². The van der Waals surface area contributed by atoms with Gasteiger partial charge in [-0.25, -0.2) is 0 Å². The van der Waals surface area contributed by atoms with Crippen LogP contribution in [0.25, 0.3) is 11.1 Å². The van der Waals surface area contributed by atoms with Gasteiger partial charge in [0.05, 0.1) is 18.5 Å². The molecule has 0 saturated heterocycles. The van der Waals surface area contributed by atoms with E-state index in [1.807, 2.05) is 49.4 Å². The van der Waals surface area contributed by atoms with E-state index in [-0.39, 0.29) is 12.5 Å². The number of benzodiazepines with no additional fused rings is 1. The van der Waals surface area contributed by atoms with Crippen LogP contribution in [0.1, 0.15) is 16.7 Å². The fraction of sp³-hybridized carbons (Fsp3) is 0.130. The Morgan fingerprint density at radius 2 is 1.71 bits per heavy atom. The monoisotopic (exact) mass is 434 g/mol. The van der Waals surface area contributed by atoms with Gasteiger partial charge in [0.15, 0.2) is 0 Å². The Morgan fingerprint density at radius 3 is 2.39 bits per heavy atom. The minimum Gasteiger partial charge on any atom is -0.496 e. The Morgan fingerprint density at radius 1 is 1.00 bits per heavy atom. The number of rotatable bonds is 3. The topological polar surface area (TPSA) is 50.7 Å². The molecule has 0 aromatic heterocycles. The van der Waals surface area contributed by atoms with Crippen molar-refractivity contribution in [2.24, 2.45) is 4.99 Å². The van der Waals surface area contributed by atoms with Crippen LogP contribution in [0.4, 0.5) is 5.69 Å². The number of benzene rings is 3. The van der Waals surface area contributed by atoms with Crippen LogP contribution < -0.4 is 10.1 Å². The number of carbonyl (C=O) groups excluding carboxylic acids is 1. The molecule has 4 nitrogen and oxygen atoms in total. The zero-order chi connectivity index (χ0) is 19.7. The summed E-state index contributed by atoms with van der Waals surface area (Å²) in [5.74, 6) is 0.619. The molecule has 4 rings (SSSR count). The molecule has 0 radical (unpaired) electrons. The number of hydrogen-bond acceptors (Lipinski definition) is 3. The van der Waals surface area contributed by atoms with Gasteiger partial charge in [0, 0.05) is 26.7 Å². The number of carbonyl (C=O) groups is 1. The van der Waals surface area contributed by atoms with Gasteiger partial charge in [-0.1, -0.05) is 58.4 Å². The second-order valence-corrected chi connectivity index (χ2v) is 7.51. The number of amides is 1. The van der Waals surface area contributed by atoms with E-state index in [9.17, 15) is 4.79 Å². The first-order chi connectivity index (χ1) is 13.6. The molecule has 1 aliphatic rings. The van der Waals surface area contributed by atoms with Gasteiger partial charge in [-0.2, -0.15) is 0 Å². The van der Waals surface area contributed by atoms with Gasteiger partial charge in [0.1, 0.15) is 12.3 Å². The van der Waals surface area contributed by atoms with Crippen LogP contribution in [0.3, 0.4) is 0 Å². The van der Waals surface area contributed by atoms with Crippen molar-refractivity contribution in [3.63, 3.8) is 0 Å². The molecule has 0 saturated carbocycles. The molecule has 1 N–H and O–H groups in total. The second-order valence-electron chi connectivity index (χ2n) is 6.59. The van der Waals surface area contributed by atoms with Gasteiger partial charge in [-0.3, -0.25) is 9.79 Å². The SMILES string of the molecule is COc1c(-c2ccccc2)cc2c(c1C)NC(=O)CN=C2c1ccc(Br)cc1. The van der Waals surface area contributed by atoms with E-state index in [2.05, 4.69) is 44.4 Å². The van der Waals surface area contributed by atoms with Crippen LogP contribution in [-0.2, 0) is 4.79 Å². The van der Waals surface area contributed by atoms with E-state index in [4.69, 9.17) is 4.74 Å². The van der Waals surface area contributed by atoms with Crippen LogP contribution in [0.2, 0.25) is 0 Å². The highest BCUT2D eigenvalue weighted by Gasteiger charge is 2.24. The summed E-state index contributed by atoms with van der Waals surface area (Å²) in [5, 5.41) is 3.01. The minimum absolute atomic E-state index is 0.0858. The zero-order valence-electron chi connectivity index (χ0n) is 15.6. The van der Waals surface area contributed by atoms with Crippen molar-refractivity contribution in [3.05, 3.63) is 81.8 Å². The number of hydrogen-bond donors (Lipinski definition) is 1. The normalized spacial score (nSPS) is 13.2. The Balaban J connectivity index is 1.99. The molecule has 0 fully saturated rings. The van der Waals surface area contributed by atoms with Gasteiger partial charge >= 0.3 is 0 Å². The van der Waals surface area contributed by atoms with Gasteiger partial charge in [-0.15, -0.1) is 0 Å². The van der Waals surface area contributed by atoms with E-state index >= 15 is 0 Å². The third kappa shape index (κ3) is 3.34. The first-order valence-corrected chi connectivity index (χ1v) is 9.75. The molecule has 3 aromatic carbocycles. The van der Waals surface area contributed by atoms with Crippen LogP contribution >= 0.6 is 15.9 Å². The summed E-state index contributed by atoms with van der Waals surface area (Å²) in [6.45, 7) is 2.05. The molecule has 0 bridgehead atoms. The van der Waals surface area contributed by atoms with Gasteiger partial charge in [-0.05, 0) is 30.7 Å². The lowest BCUT2D eigenvalue weighted by atomic mass is 9.92. The lowest BCUT2D eigenvalue weighted by Crippen LogP contribution is -2.15. The highest BCUT2D eigenvalue weighted by atomic mass is 79.9. The fourth-order valence-corrected chi connectivity index (χ4v) is 3.78. The molecule has 0 atom stereocenters. The predicted molar refractivity (Wildman–Crippen MR) is 116 cm³/mol. The smallest absolute Gasteiger partial charge is 0.246 e. The summed E-state index contributed by atoms with van der Waals surface area (Å²) in [7, 11) is 1.66. The zero-order valence-corrected chi connectivity index (χ0v) is 17.2. The van der Waals surface area contributed by atoms with E-state index in [1.54, 1.807) is 7.11 Å². The molecule has 1 aliphatic heterocycles. The summed E-state index contributed by atoms with van der Waals surface area (Å²) in [6, 6.07) is 20.1. The molecule has 3 aromatic rings. The molecule has 1 amide bonds. The van der Waals surface area contributed by atoms with Crippen LogP contribution in [0.5, 0.6) is 5.75 Å². The molecule has 0 unspecified atom stereocenters. The number of nitrogens with one attached hydrogen (secondary N) is 1. The van der Waals surface area contributed by atoms with Crippen molar-refractivity contribution in [1.82, 2.24) is 0 Å². The van der Waals surface area contributed by atoms with Crippen LogP contribution in [-0.4, -0.2) is 25.3 Å². The molecule has 140 valence electrons. The van der Waals surface area contributed by atoms with E-state index in [1.165, 1.54) is 0 Å². The summed E-state index contributed by atoms with van der Waals surface area (Å²) in [4.78, 5) is 16.9. The molecule has 0 spiro atoms. The van der Waals surface area contributed by atoms with E-state index in [0.717, 1.165) is 49.4 Å². The fourth-order valence-electron chi connectivity index (χ4n) is 3.51. The van der Waals surface area contributed by atoms with Gasteiger partial charge in [0.25, 0.3) is 0 Å². The third-order valence-electron chi connectivity index (χ3n) is 4.83. The van der Waals surface area contributed by atoms with Crippen molar-refractivity contribution >= 4 is 33.2 Å². The number of anilines is 1.